The van der Waals surface area contributed by atoms with Crippen molar-refractivity contribution in [2.24, 2.45) is 0 Å². The van der Waals surface area contributed by atoms with E-state index in [2.05, 4.69) is 4.74 Å². The first-order valence-corrected chi connectivity index (χ1v) is 2.99. The summed E-state index contributed by atoms with van der Waals surface area (Å²) in [6.45, 7) is 1.47. The summed E-state index contributed by atoms with van der Waals surface area (Å²) in [5.74, 6) is 0. The van der Waals surface area contributed by atoms with Gasteiger partial charge in [0, 0.05) is 0 Å². The Balaban J connectivity index is 2.34. The predicted octanol–water partition coefficient (Wildman–Crippen LogP) is 0.111. The van der Waals surface area contributed by atoms with Crippen LogP contribution < -0.4 is 0 Å². The first-order chi connectivity index (χ1) is 2.91. The van der Waals surface area contributed by atoms with Gasteiger partial charge in [0.25, 0.3) is 0 Å². The Kier molecular flexibility index (Phi) is 6.05. The summed E-state index contributed by atoms with van der Waals surface area (Å²) < 4.78 is 9.46. The molecule has 0 atom stereocenters. The van der Waals surface area contributed by atoms with Crippen LogP contribution in [0.5, 0.6) is 0 Å². The fourth-order valence-corrected chi connectivity index (χ4v) is 0.390. The average molecular weight is 140 g/mol. The normalized spacial score (nSPS) is 9.17. The van der Waals surface area contributed by atoms with Crippen LogP contribution in [0.25, 0.3) is 0 Å². The van der Waals surface area contributed by atoms with Crippen molar-refractivity contribution in [3.63, 3.8) is 0 Å². The Bertz CT molecular complexity index is 20.8. The molecule has 0 aliphatic rings. The Labute approximate surface area is 47.9 Å². The van der Waals surface area contributed by atoms with Crippen molar-refractivity contribution in [3.05, 3.63) is 0 Å². The van der Waals surface area contributed by atoms with E-state index in [1.165, 1.54) is 0 Å². The Morgan fingerprint density at radius 2 is 2.17 bits per heavy atom. The average Bonchev–Trinajstić information content (AvgIpc) is 1.61. The molecule has 0 aromatic heterocycles. The first kappa shape index (κ1) is 6.54. The maximum absolute atomic E-state index is 4.78. The molecule has 0 bridgehead atoms. The van der Waals surface area contributed by atoms with E-state index in [0.717, 1.165) is 31.9 Å². The summed E-state index contributed by atoms with van der Waals surface area (Å²) in [7, 11) is 1.67. The molecule has 0 spiro atoms. The van der Waals surface area contributed by atoms with E-state index < -0.39 is 0 Å². The van der Waals surface area contributed by atoms with Crippen molar-refractivity contribution in [1.82, 2.24) is 0 Å². The zero-order chi connectivity index (χ0) is 4.83. The number of rotatable bonds is 3. The van der Waals surface area contributed by atoms with E-state index in [0.29, 0.717) is 0 Å². The molecule has 0 aromatic rings. The van der Waals surface area contributed by atoms with E-state index in [1.807, 2.05) is 0 Å². The fraction of sp³-hybridized carbons (Fsp3) is 1.00. The Morgan fingerprint density at radius 1 is 1.50 bits per heavy atom. The third kappa shape index (κ3) is 4.54. The third-order valence-corrected chi connectivity index (χ3v) is 1.04. The molecule has 0 unspecified atom stereocenters. The molecule has 0 aliphatic carbocycles. The van der Waals surface area contributed by atoms with Gasteiger partial charge in [0.05, 0.1) is 0 Å². The van der Waals surface area contributed by atoms with Crippen molar-refractivity contribution in [2.75, 3.05) is 20.3 Å². The van der Waals surface area contributed by atoms with Gasteiger partial charge in [0.15, 0.2) is 0 Å². The molecule has 6 heavy (non-hydrogen) atoms. The van der Waals surface area contributed by atoms with Crippen molar-refractivity contribution < 1.29 is 27.0 Å². The molecule has 0 heterocycles. The van der Waals surface area contributed by atoms with Gasteiger partial charge in [0.1, 0.15) is 0 Å². The number of methoxy groups -OCH3 is 1. The molecule has 2 nitrogen and oxygen atoms in total. The molecule has 33 valence electrons. The molecule has 0 aliphatic heterocycles. The number of hydrogen-bond acceptors (Lipinski definition) is 2. The van der Waals surface area contributed by atoms with Gasteiger partial charge in [-0.3, -0.25) is 0 Å². The van der Waals surface area contributed by atoms with Crippen molar-refractivity contribution in [3.8, 4) is 0 Å². The van der Waals surface area contributed by atoms with Gasteiger partial charge in [-0.25, -0.2) is 0 Å². The van der Waals surface area contributed by atoms with Crippen LogP contribution in [-0.2, 0) is 27.0 Å². The quantitative estimate of drug-likeness (QED) is 0.409. The first-order valence-electron chi connectivity index (χ1n) is 1.77. The van der Waals surface area contributed by atoms with Crippen LogP contribution in [0.3, 0.4) is 0 Å². The summed E-state index contributed by atoms with van der Waals surface area (Å²) in [6.07, 6.45) is 0. The van der Waals surface area contributed by atoms with Gasteiger partial charge < -0.3 is 0 Å². The molecular formula is C3H7O2Zn. The molecule has 3 heteroatoms. The number of hydrogen-bond donors (Lipinski definition) is 0. The van der Waals surface area contributed by atoms with Crippen LogP contribution in [0.1, 0.15) is 0 Å². The third-order valence-electron chi connectivity index (χ3n) is 0.432. The van der Waals surface area contributed by atoms with Crippen LogP contribution in [0, 0.1) is 0 Å². The molecule has 0 aromatic carbocycles. The van der Waals surface area contributed by atoms with E-state index in [9.17, 15) is 0 Å². The van der Waals surface area contributed by atoms with Gasteiger partial charge in [-0.05, 0) is 0 Å². The molecule has 0 rings (SSSR count). The monoisotopic (exact) mass is 139 g/mol. The van der Waals surface area contributed by atoms with E-state index >= 15 is 0 Å². The maximum atomic E-state index is 4.78. The molecule has 0 radical (unpaired) electrons. The zero-order valence-corrected chi connectivity index (χ0v) is 6.90. The Morgan fingerprint density at radius 3 is 2.33 bits per heavy atom. The molecular weight excluding hydrogens is 133 g/mol. The van der Waals surface area contributed by atoms with Gasteiger partial charge in [-0.1, -0.05) is 0 Å². The van der Waals surface area contributed by atoms with Crippen LogP contribution >= 0.6 is 0 Å². The van der Waals surface area contributed by atoms with Crippen molar-refractivity contribution in [1.29, 1.82) is 0 Å². The van der Waals surface area contributed by atoms with Gasteiger partial charge in [0.2, 0.25) is 0 Å². The van der Waals surface area contributed by atoms with Crippen LogP contribution in [0.4, 0.5) is 0 Å². The summed E-state index contributed by atoms with van der Waals surface area (Å²) in [5.41, 5.74) is 0. The second-order valence-electron chi connectivity index (χ2n) is 0.901. The molecule has 0 fully saturated rings. The zero-order valence-electron chi connectivity index (χ0n) is 3.94. The topological polar surface area (TPSA) is 18.5 Å². The Hall–Kier alpha value is 0.543. The standard InChI is InChI=1S/C3H7O2.Zn/c1-5-3-2-4;/h2-3H2,1H3;/q-1;+1. The minimum absolute atomic E-state index is 0.722. The van der Waals surface area contributed by atoms with Crippen LogP contribution in [0.15, 0.2) is 0 Å². The summed E-state index contributed by atoms with van der Waals surface area (Å²) in [4.78, 5) is 0. The summed E-state index contributed by atoms with van der Waals surface area (Å²) in [5, 5.41) is 0. The second kappa shape index (κ2) is 5.54. The van der Waals surface area contributed by atoms with E-state index in [-0.39, 0.29) is 0 Å². The van der Waals surface area contributed by atoms with Crippen molar-refractivity contribution >= 4 is 0 Å². The van der Waals surface area contributed by atoms with E-state index in [1.54, 1.807) is 7.11 Å². The fourth-order valence-electron chi connectivity index (χ4n) is 0.142. The summed E-state index contributed by atoms with van der Waals surface area (Å²) >= 11 is 0.906. The minimum atomic E-state index is 0.722. The van der Waals surface area contributed by atoms with Crippen LogP contribution in [-0.4, -0.2) is 20.3 Å². The second-order valence-corrected chi connectivity index (χ2v) is 1.76. The SMILES string of the molecule is COCC[O][Zn]. The molecule has 0 saturated carbocycles. The molecule has 0 N–H and O–H groups in total. The van der Waals surface area contributed by atoms with Crippen LogP contribution in [0.2, 0.25) is 0 Å². The molecule has 0 saturated heterocycles. The van der Waals surface area contributed by atoms with Gasteiger partial charge >= 0.3 is 47.3 Å². The van der Waals surface area contributed by atoms with Gasteiger partial charge in [-0.15, -0.1) is 0 Å². The van der Waals surface area contributed by atoms with Crippen molar-refractivity contribution in [2.45, 2.75) is 0 Å². The van der Waals surface area contributed by atoms with Gasteiger partial charge in [-0.2, -0.15) is 0 Å². The summed E-state index contributed by atoms with van der Waals surface area (Å²) in [6, 6.07) is 0. The number of ether oxygens (including phenoxy) is 1. The molecule has 0 amide bonds. The predicted molar refractivity (Wildman–Crippen MR) is 17.8 cm³/mol. The van der Waals surface area contributed by atoms with E-state index in [4.69, 9.17) is 3.56 Å².